The Kier molecular flexibility index (Phi) is 5.53. The number of hydrogen-bond donors (Lipinski definition) is 1. The van der Waals surface area contributed by atoms with E-state index in [0.717, 1.165) is 57.0 Å². The van der Waals surface area contributed by atoms with Crippen molar-refractivity contribution in [2.24, 2.45) is 0 Å². The second kappa shape index (κ2) is 8.20. The molecule has 2 aliphatic rings. The number of amides is 1. The highest BCUT2D eigenvalue weighted by molar-refractivity contribution is 7.09. The Morgan fingerprint density at radius 3 is 2.88 bits per heavy atom. The summed E-state index contributed by atoms with van der Waals surface area (Å²) in [6.45, 7) is 6.48. The standard InChI is InChI=1S/C20H25N3O2S/c24-20(23-9-6-17(14-23)22-10-7-21-8-11-22)16-3-1-4-18(13-16)25-15-19-5-2-12-26-19/h1-5,12-13,17,21H,6-11,14-15H2. The number of nitrogens with one attached hydrogen (secondary N) is 1. The highest BCUT2D eigenvalue weighted by atomic mass is 32.1. The van der Waals surface area contributed by atoms with Gasteiger partial charge in [0.1, 0.15) is 12.4 Å². The van der Waals surface area contributed by atoms with Crippen LogP contribution in [0.2, 0.25) is 0 Å². The highest BCUT2D eigenvalue weighted by Gasteiger charge is 2.31. The fourth-order valence-electron chi connectivity index (χ4n) is 3.72. The van der Waals surface area contributed by atoms with Crippen molar-refractivity contribution in [2.45, 2.75) is 19.1 Å². The van der Waals surface area contributed by atoms with Gasteiger partial charge in [-0.3, -0.25) is 9.69 Å². The van der Waals surface area contributed by atoms with Crippen molar-refractivity contribution in [3.8, 4) is 5.75 Å². The quantitative estimate of drug-likeness (QED) is 0.877. The smallest absolute Gasteiger partial charge is 0.254 e. The molecule has 1 atom stereocenters. The molecular weight excluding hydrogens is 346 g/mol. The minimum absolute atomic E-state index is 0.115. The molecule has 5 nitrogen and oxygen atoms in total. The minimum atomic E-state index is 0.115. The molecule has 0 saturated carbocycles. The van der Waals surface area contributed by atoms with Gasteiger partial charge < -0.3 is 15.0 Å². The number of benzene rings is 1. The predicted molar refractivity (Wildman–Crippen MR) is 104 cm³/mol. The largest absolute Gasteiger partial charge is 0.488 e. The number of piperazine rings is 1. The Bertz CT molecular complexity index is 728. The Labute approximate surface area is 158 Å². The van der Waals surface area contributed by atoms with Gasteiger partial charge >= 0.3 is 0 Å². The number of likely N-dealkylation sites (tertiary alicyclic amines) is 1. The van der Waals surface area contributed by atoms with E-state index < -0.39 is 0 Å². The van der Waals surface area contributed by atoms with Crippen LogP contribution in [0.5, 0.6) is 5.75 Å². The Morgan fingerprint density at radius 2 is 2.08 bits per heavy atom. The third kappa shape index (κ3) is 4.09. The minimum Gasteiger partial charge on any atom is -0.488 e. The molecule has 1 N–H and O–H groups in total. The van der Waals surface area contributed by atoms with Crippen LogP contribution >= 0.6 is 11.3 Å². The molecule has 138 valence electrons. The number of carbonyl (C=O) groups excluding carboxylic acids is 1. The van der Waals surface area contributed by atoms with Crippen molar-refractivity contribution in [2.75, 3.05) is 39.3 Å². The van der Waals surface area contributed by atoms with E-state index in [9.17, 15) is 4.79 Å². The number of carbonyl (C=O) groups is 1. The first-order valence-electron chi connectivity index (χ1n) is 9.29. The van der Waals surface area contributed by atoms with Gasteiger partial charge in [0.05, 0.1) is 0 Å². The van der Waals surface area contributed by atoms with E-state index in [-0.39, 0.29) is 5.91 Å². The number of thiophene rings is 1. The SMILES string of the molecule is O=C(c1cccc(OCc2cccs2)c1)N1CCC(N2CCNCC2)C1. The van der Waals surface area contributed by atoms with E-state index in [2.05, 4.69) is 16.3 Å². The third-order valence-corrected chi connectivity index (χ3v) is 6.01. The molecule has 1 aromatic carbocycles. The normalized spacial score (nSPS) is 21.1. The molecule has 2 saturated heterocycles. The molecule has 0 spiro atoms. The molecular formula is C20H25N3O2S. The first-order chi connectivity index (χ1) is 12.8. The number of nitrogens with zero attached hydrogens (tertiary/aromatic N) is 2. The van der Waals surface area contributed by atoms with E-state index in [1.807, 2.05) is 40.6 Å². The molecule has 1 amide bonds. The van der Waals surface area contributed by atoms with Gasteiger partial charge in [-0.1, -0.05) is 12.1 Å². The van der Waals surface area contributed by atoms with E-state index in [4.69, 9.17) is 4.74 Å². The van der Waals surface area contributed by atoms with Crippen molar-refractivity contribution in [1.82, 2.24) is 15.1 Å². The molecule has 4 rings (SSSR count). The fraction of sp³-hybridized carbons (Fsp3) is 0.450. The van der Waals surface area contributed by atoms with E-state index in [1.54, 1.807) is 11.3 Å². The first kappa shape index (κ1) is 17.5. The lowest BCUT2D eigenvalue weighted by molar-refractivity contribution is 0.0773. The van der Waals surface area contributed by atoms with Crippen LogP contribution < -0.4 is 10.1 Å². The molecule has 0 radical (unpaired) electrons. The Balaban J connectivity index is 1.36. The van der Waals surface area contributed by atoms with Crippen LogP contribution in [0.3, 0.4) is 0 Å². The summed E-state index contributed by atoms with van der Waals surface area (Å²) in [6.07, 6.45) is 1.07. The van der Waals surface area contributed by atoms with Crippen LogP contribution in [0, 0.1) is 0 Å². The summed E-state index contributed by atoms with van der Waals surface area (Å²) in [5.74, 6) is 0.867. The van der Waals surface area contributed by atoms with Gasteiger partial charge in [-0.05, 0) is 36.1 Å². The van der Waals surface area contributed by atoms with Crippen LogP contribution in [-0.4, -0.2) is 61.0 Å². The molecule has 0 bridgehead atoms. The van der Waals surface area contributed by atoms with Gasteiger partial charge in [0.15, 0.2) is 0 Å². The number of ether oxygens (including phenoxy) is 1. The Morgan fingerprint density at radius 1 is 1.19 bits per heavy atom. The van der Waals surface area contributed by atoms with Crippen LogP contribution in [0.25, 0.3) is 0 Å². The van der Waals surface area contributed by atoms with Crippen molar-refractivity contribution in [3.63, 3.8) is 0 Å². The van der Waals surface area contributed by atoms with Gasteiger partial charge in [-0.2, -0.15) is 0 Å². The maximum atomic E-state index is 12.9. The third-order valence-electron chi connectivity index (χ3n) is 5.16. The van der Waals surface area contributed by atoms with Crippen LogP contribution in [0.4, 0.5) is 0 Å². The molecule has 6 heteroatoms. The molecule has 2 aromatic rings. The Hall–Kier alpha value is -1.89. The van der Waals surface area contributed by atoms with Gasteiger partial charge in [0.2, 0.25) is 0 Å². The van der Waals surface area contributed by atoms with Gasteiger partial charge in [0.25, 0.3) is 5.91 Å². The summed E-state index contributed by atoms with van der Waals surface area (Å²) >= 11 is 1.68. The summed E-state index contributed by atoms with van der Waals surface area (Å²) in [7, 11) is 0. The van der Waals surface area contributed by atoms with Crippen LogP contribution in [0.1, 0.15) is 21.7 Å². The fourth-order valence-corrected chi connectivity index (χ4v) is 4.34. The van der Waals surface area contributed by atoms with Crippen LogP contribution in [-0.2, 0) is 6.61 Å². The molecule has 1 aromatic heterocycles. The maximum absolute atomic E-state index is 12.9. The molecule has 3 heterocycles. The average molecular weight is 372 g/mol. The molecule has 1 unspecified atom stereocenters. The number of rotatable bonds is 5. The lowest BCUT2D eigenvalue weighted by Gasteiger charge is -2.32. The lowest BCUT2D eigenvalue weighted by Crippen LogP contribution is -2.49. The van der Waals surface area contributed by atoms with Gasteiger partial charge in [-0.25, -0.2) is 0 Å². The summed E-state index contributed by atoms with van der Waals surface area (Å²) in [4.78, 5) is 18.6. The summed E-state index contributed by atoms with van der Waals surface area (Å²) in [5, 5.41) is 5.43. The van der Waals surface area contributed by atoms with Crippen LogP contribution in [0.15, 0.2) is 41.8 Å². The second-order valence-electron chi connectivity index (χ2n) is 6.88. The number of hydrogen-bond acceptors (Lipinski definition) is 5. The molecule has 0 aliphatic carbocycles. The van der Waals surface area contributed by atoms with E-state index in [0.29, 0.717) is 12.6 Å². The highest BCUT2D eigenvalue weighted by Crippen LogP contribution is 2.22. The van der Waals surface area contributed by atoms with Crippen molar-refractivity contribution < 1.29 is 9.53 Å². The average Bonchev–Trinajstić information content (AvgIpc) is 3.39. The van der Waals surface area contributed by atoms with Gasteiger partial charge in [-0.15, -0.1) is 11.3 Å². The zero-order valence-electron chi connectivity index (χ0n) is 14.9. The monoisotopic (exact) mass is 371 g/mol. The summed E-state index contributed by atoms with van der Waals surface area (Å²) in [6, 6.07) is 12.1. The summed E-state index contributed by atoms with van der Waals surface area (Å²) < 4.78 is 5.84. The van der Waals surface area contributed by atoms with Gasteiger partial charge in [0, 0.05) is 55.8 Å². The molecule has 2 fully saturated rings. The molecule has 26 heavy (non-hydrogen) atoms. The first-order valence-corrected chi connectivity index (χ1v) is 10.2. The van der Waals surface area contributed by atoms with E-state index >= 15 is 0 Å². The summed E-state index contributed by atoms with van der Waals surface area (Å²) in [5.41, 5.74) is 0.717. The topological polar surface area (TPSA) is 44.8 Å². The van der Waals surface area contributed by atoms with E-state index in [1.165, 1.54) is 4.88 Å². The van der Waals surface area contributed by atoms with Crippen molar-refractivity contribution >= 4 is 17.2 Å². The lowest BCUT2D eigenvalue weighted by atomic mass is 10.2. The maximum Gasteiger partial charge on any atom is 0.254 e. The predicted octanol–water partition coefficient (Wildman–Crippen LogP) is 2.45. The van der Waals surface area contributed by atoms with Crippen molar-refractivity contribution in [1.29, 1.82) is 0 Å². The molecule has 2 aliphatic heterocycles. The second-order valence-corrected chi connectivity index (χ2v) is 7.91. The zero-order chi connectivity index (χ0) is 17.8. The zero-order valence-corrected chi connectivity index (χ0v) is 15.7. The van der Waals surface area contributed by atoms with Crippen molar-refractivity contribution in [3.05, 3.63) is 52.2 Å².